The summed E-state index contributed by atoms with van der Waals surface area (Å²) in [6, 6.07) is 7.94. The number of carbonyl (C=O) groups excluding carboxylic acids is 1. The minimum atomic E-state index is 0.143. The van der Waals surface area contributed by atoms with Crippen LogP contribution in [0.2, 0.25) is 0 Å². The zero-order valence-corrected chi connectivity index (χ0v) is 11.0. The number of carbonyl (C=O) groups is 1. The van der Waals surface area contributed by atoms with Gasteiger partial charge in [0.15, 0.2) is 0 Å². The standard InChI is InChI=1S/C13H17BrO/c1-9(2)10(3)13(15)8-11-5-4-6-12(14)7-11/h4-7,9-10H,8H2,1-3H3. The fourth-order valence-electron chi connectivity index (χ4n) is 1.38. The van der Waals surface area contributed by atoms with Gasteiger partial charge in [-0.25, -0.2) is 0 Å². The van der Waals surface area contributed by atoms with Gasteiger partial charge in [-0.2, -0.15) is 0 Å². The molecule has 1 nitrogen and oxygen atoms in total. The van der Waals surface area contributed by atoms with Crippen LogP contribution in [-0.2, 0) is 11.2 Å². The molecule has 1 atom stereocenters. The van der Waals surface area contributed by atoms with Crippen molar-refractivity contribution in [1.82, 2.24) is 0 Å². The van der Waals surface area contributed by atoms with E-state index in [4.69, 9.17) is 0 Å². The molecule has 0 aliphatic rings. The zero-order valence-electron chi connectivity index (χ0n) is 9.46. The molecule has 1 rings (SSSR count). The fourth-order valence-corrected chi connectivity index (χ4v) is 1.83. The van der Waals surface area contributed by atoms with E-state index < -0.39 is 0 Å². The van der Waals surface area contributed by atoms with Crippen LogP contribution < -0.4 is 0 Å². The SMILES string of the molecule is CC(C)C(C)C(=O)Cc1cccc(Br)c1. The summed E-state index contributed by atoms with van der Waals surface area (Å²) < 4.78 is 1.03. The lowest BCUT2D eigenvalue weighted by Gasteiger charge is -2.13. The van der Waals surface area contributed by atoms with Gasteiger partial charge in [-0.1, -0.05) is 48.8 Å². The molecule has 15 heavy (non-hydrogen) atoms. The summed E-state index contributed by atoms with van der Waals surface area (Å²) in [5.74, 6) is 0.886. The van der Waals surface area contributed by atoms with E-state index in [1.807, 2.05) is 31.2 Å². The summed E-state index contributed by atoms with van der Waals surface area (Å²) in [4.78, 5) is 11.8. The molecule has 0 radical (unpaired) electrons. The predicted molar refractivity (Wildman–Crippen MR) is 66.9 cm³/mol. The van der Waals surface area contributed by atoms with Crippen molar-refractivity contribution in [3.8, 4) is 0 Å². The van der Waals surface area contributed by atoms with Crippen LogP contribution in [0.15, 0.2) is 28.7 Å². The molecule has 82 valence electrons. The van der Waals surface area contributed by atoms with Crippen LogP contribution in [0.5, 0.6) is 0 Å². The van der Waals surface area contributed by atoms with E-state index in [9.17, 15) is 4.79 Å². The average molecular weight is 269 g/mol. The minimum Gasteiger partial charge on any atom is -0.299 e. The molecular weight excluding hydrogens is 252 g/mol. The van der Waals surface area contributed by atoms with Crippen molar-refractivity contribution in [2.75, 3.05) is 0 Å². The molecule has 1 aromatic carbocycles. The third kappa shape index (κ3) is 3.78. The lowest BCUT2D eigenvalue weighted by atomic mass is 9.90. The molecule has 0 aliphatic heterocycles. The monoisotopic (exact) mass is 268 g/mol. The third-order valence-corrected chi connectivity index (χ3v) is 3.27. The Morgan fingerprint density at radius 3 is 2.53 bits per heavy atom. The number of hydrogen-bond donors (Lipinski definition) is 0. The number of ketones is 1. The van der Waals surface area contributed by atoms with Crippen LogP contribution in [0.3, 0.4) is 0 Å². The van der Waals surface area contributed by atoms with Gasteiger partial charge in [0.25, 0.3) is 0 Å². The first-order valence-corrected chi connectivity index (χ1v) is 6.07. The van der Waals surface area contributed by atoms with Crippen molar-refractivity contribution in [3.63, 3.8) is 0 Å². The maximum absolute atomic E-state index is 11.8. The molecule has 2 heteroatoms. The highest BCUT2D eigenvalue weighted by atomic mass is 79.9. The van der Waals surface area contributed by atoms with Crippen LogP contribution in [-0.4, -0.2) is 5.78 Å². The Morgan fingerprint density at radius 2 is 2.00 bits per heavy atom. The second kappa shape index (κ2) is 5.45. The van der Waals surface area contributed by atoms with Gasteiger partial charge in [-0.15, -0.1) is 0 Å². The van der Waals surface area contributed by atoms with E-state index in [2.05, 4.69) is 29.8 Å². The molecule has 0 N–H and O–H groups in total. The van der Waals surface area contributed by atoms with Gasteiger partial charge in [0.1, 0.15) is 5.78 Å². The number of Topliss-reactive ketones (excluding diaryl/α,β-unsaturated/α-hetero) is 1. The molecule has 0 heterocycles. The maximum Gasteiger partial charge on any atom is 0.140 e. The van der Waals surface area contributed by atoms with E-state index in [1.54, 1.807) is 0 Å². The van der Waals surface area contributed by atoms with Crippen LogP contribution in [0.25, 0.3) is 0 Å². The summed E-state index contributed by atoms with van der Waals surface area (Å²) in [5.41, 5.74) is 1.09. The van der Waals surface area contributed by atoms with E-state index in [1.165, 1.54) is 0 Å². The molecule has 0 aromatic heterocycles. The van der Waals surface area contributed by atoms with E-state index in [0.29, 0.717) is 18.1 Å². The van der Waals surface area contributed by atoms with Gasteiger partial charge in [-0.3, -0.25) is 4.79 Å². The molecular formula is C13H17BrO. The zero-order chi connectivity index (χ0) is 11.4. The van der Waals surface area contributed by atoms with Crippen LogP contribution in [0.1, 0.15) is 26.3 Å². The highest BCUT2D eigenvalue weighted by molar-refractivity contribution is 9.10. The van der Waals surface area contributed by atoms with Gasteiger partial charge >= 0.3 is 0 Å². The van der Waals surface area contributed by atoms with Crippen molar-refractivity contribution >= 4 is 21.7 Å². The molecule has 0 saturated carbocycles. The van der Waals surface area contributed by atoms with Crippen molar-refractivity contribution in [2.24, 2.45) is 11.8 Å². The van der Waals surface area contributed by atoms with E-state index in [-0.39, 0.29) is 5.92 Å². The Morgan fingerprint density at radius 1 is 1.33 bits per heavy atom. The van der Waals surface area contributed by atoms with Gasteiger partial charge in [-0.05, 0) is 23.6 Å². The van der Waals surface area contributed by atoms with Gasteiger partial charge in [0, 0.05) is 16.8 Å². The van der Waals surface area contributed by atoms with Crippen molar-refractivity contribution < 1.29 is 4.79 Å². The first-order chi connectivity index (χ1) is 7.00. The Balaban J connectivity index is 2.66. The summed E-state index contributed by atoms with van der Waals surface area (Å²) in [5, 5.41) is 0. The number of benzene rings is 1. The first-order valence-electron chi connectivity index (χ1n) is 5.28. The topological polar surface area (TPSA) is 17.1 Å². The van der Waals surface area contributed by atoms with E-state index >= 15 is 0 Å². The van der Waals surface area contributed by atoms with Gasteiger partial charge in [0.2, 0.25) is 0 Å². The van der Waals surface area contributed by atoms with Crippen LogP contribution in [0.4, 0.5) is 0 Å². The van der Waals surface area contributed by atoms with Crippen molar-refractivity contribution in [3.05, 3.63) is 34.3 Å². The van der Waals surface area contributed by atoms with Gasteiger partial charge < -0.3 is 0 Å². The average Bonchev–Trinajstić information content (AvgIpc) is 2.16. The quantitative estimate of drug-likeness (QED) is 0.811. The third-order valence-electron chi connectivity index (χ3n) is 2.78. The smallest absolute Gasteiger partial charge is 0.140 e. The van der Waals surface area contributed by atoms with E-state index in [0.717, 1.165) is 10.0 Å². The van der Waals surface area contributed by atoms with Crippen LogP contribution >= 0.6 is 15.9 Å². The Labute approximate surface area is 100 Å². The summed E-state index contributed by atoms with van der Waals surface area (Å²) in [6.45, 7) is 6.18. The largest absolute Gasteiger partial charge is 0.299 e. The van der Waals surface area contributed by atoms with Gasteiger partial charge in [0.05, 0.1) is 0 Å². The predicted octanol–water partition coefficient (Wildman–Crippen LogP) is 3.85. The summed E-state index contributed by atoms with van der Waals surface area (Å²) in [7, 11) is 0. The Hall–Kier alpha value is -0.630. The lowest BCUT2D eigenvalue weighted by molar-refractivity contribution is -0.122. The Kier molecular flexibility index (Phi) is 4.52. The molecule has 1 unspecified atom stereocenters. The Bertz CT molecular complexity index is 344. The number of halogens is 1. The molecule has 0 bridgehead atoms. The summed E-state index contributed by atoms with van der Waals surface area (Å²) in [6.07, 6.45) is 0.540. The second-order valence-corrected chi connectivity index (χ2v) is 5.22. The highest BCUT2D eigenvalue weighted by Crippen LogP contribution is 2.16. The summed E-state index contributed by atoms with van der Waals surface area (Å²) >= 11 is 3.41. The molecule has 0 saturated heterocycles. The molecule has 1 aromatic rings. The molecule has 0 spiro atoms. The fraction of sp³-hybridized carbons (Fsp3) is 0.462. The van der Waals surface area contributed by atoms with Crippen molar-refractivity contribution in [2.45, 2.75) is 27.2 Å². The molecule has 0 fully saturated rings. The molecule has 0 amide bonds. The highest BCUT2D eigenvalue weighted by Gasteiger charge is 2.16. The normalized spacial score (nSPS) is 12.9. The second-order valence-electron chi connectivity index (χ2n) is 4.31. The molecule has 0 aliphatic carbocycles. The minimum absolute atomic E-state index is 0.143. The van der Waals surface area contributed by atoms with Crippen LogP contribution in [0, 0.1) is 11.8 Å². The first kappa shape index (κ1) is 12.4. The maximum atomic E-state index is 11.8. The lowest BCUT2D eigenvalue weighted by Crippen LogP contribution is -2.18. The number of hydrogen-bond acceptors (Lipinski definition) is 1. The van der Waals surface area contributed by atoms with Crippen molar-refractivity contribution in [1.29, 1.82) is 0 Å². The number of rotatable bonds is 4.